The van der Waals surface area contributed by atoms with Crippen molar-refractivity contribution in [2.24, 2.45) is 0 Å². The lowest BCUT2D eigenvalue weighted by molar-refractivity contribution is -0.110. The van der Waals surface area contributed by atoms with Gasteiger partial charge in [-0.25, -0.2) is 0 Å². The lowest BCUT2D eigenvalue weighted by atomic mass is 9.79. The lowest BCUT2D eigenvalue weighted by Crippen LogP contribution is -2.14. The second-order valence-corrected chi connectivity index (χ2v) is 11.5. The van der Waals surface area contributed by atoms with Crippen molar-refractivity contribution in [1.82, 2.24) is 0 Å². The van der Waals surface area contributed by atoms with Crippen molar-refractivity contribution in [3.63, 3.8) is 0 Å². The van der Waals surface area contributed by atoms with Crippen LogP contribution in [0.15, 0.2) is 84.4 Å². The Balaban J connectivity index is 1.71. The van der Waals surface area contributed by atoms with Gasteiger partial charge in [0, 0.05) is 11.1 Å². The number of carbonyl (C=O) groups excluding carboxylic acids is 1. The molecule has 0 spiro atoms. The Morgan fingerprint density at radius 2 is 1.09 bits per heavy atom. The van der Waals surface area contributed by atoms with Crippen LogP contribution in [0, 0.1) is 0 Å². The molecule has 0 aliphatic heterocycles. The number of rotatable bonds is 2. The summed E-state index contributed by atoms with van der Waals surface area (Å²) < 4.78 is 0. The standard InChI is InChI=1S/C33H32O/c1-32(2,3)24-15-11-21(12-16-24)27-20-28-26-10-8-7-9-23(26)19-29(28)31(34)30(27)22-13-17-25(18-14-22)33(4,5)6/h7-20H,1-6H3. The largest absolute Gasteiger partial charge is 0.289 e. The molecule has 1 heteroatoms. The van der Waals surface area contributed by atoms with Crippen LogP contribution in [0.4, 0.5) is 0 Å². The number of benzene rings is 3. The molecular weight excluding hydrogens is 412 g/mol. The van der Waals surface area contributed by atoms with Gasteiger partial charge < -0.3 is 0 Å². The molecule has 0 atom stereocenters. The first-order valence-electron chi connectivity index (χ1n) is 12.1. The molecule has 0 bridgehead atoms. The number of ketones is 1. The summed E-state index contributed by atoms with van der Waals surface area (Å²) in [6, 6.07) is 25.5. The van der Waals surface area contributed by atoms with Crippen LogP contribution in [0.1, 0.15) is 74.9 Å². The fourth-order valence-corrected chi connectivity index (χ4v) is 4.86. The van der Waals surface area contributed by atoms with E-state index in [0.717, 1.165) is 44.5 Å². The van der Waals surface area contributed by atoms with Gasteiger partial charge in [-0.2, -0.15) is 0 Å². The van der Waals surface area contributed by atoms with Gasteiger partial charge in [0.05, 0.1) is 0 Å². The molecule has 2 aliphatic rings. The number of fused-ring (bicyclic) bond motifs is 3. The summed E-state index contributed by atoms with van der Waals surface area (Å²) in [7, 11) is 0. The maximum Gasteiger partial charge on any atom is 0.194 e. The molecule has 34 heavy (non-hydrogen) atoms. The van der Waals surface area contributed by atoms with Gasteiger partial charge in [-0.05, 0) is 67.5 Å². The third kappa shape index (κ3) is 3.80. The number of carbonyl (C=O) groups is 1. The highest BCUT2D eigenvalue weighted by molar-refractivity contribution is 6.44. The zero-order chi connectivity index (χ0) is 24.3. The number of hydrogen-bond acceptors (Lipinski definition) is 1. The van der Waals surface area contributed by atoms with Crippen molar-refractivity contribution in [2.75, 3.05) is 0 Å². The molecule has 0 saturated carbocycles. The second kappa shape index (κ2) is 7.81. The Kier molecular flexibility index (Phi) is 5.13. The highest BCUT2D eigenvalue weighted by Gasteiger charge is 2.32. The smallest absolute Gasteiger partial charge is 0.194 e. The van der Waals surface area contributed by atoms with Crippen LogP contribution in [0.25, 0.3) is 22.8 Å². The van der Waals surface area contributed by atoms with Crippen LogP contribution in [0.5, 0.6) is 0 Å². The maximum absolute atomic E-state index is 14.0. The summed E-state index contributed by atoms with van der Waals surface area (Å²) in [6.45, 7) is 13.3. The quantitative estimate of drug-likeness (QED) is 0.389. The van der Waals surface area contributed by atoms with Crippen LogP contribution in [0.2, 0.25) is 0 Å². The van der Waals surface area contributed by atoms with Gasteiger partial charge in [-0.15, -0.1) is 0 Å². The van der Waals surface area contributed by atoms with E-state index in [1.54, 1.807) is 0 Å². The summed E-state index contributed by atoms with van der Waals surface area (Å²) in [6.07, 6.45) is 4.27. The van der Waals surface area contributed by atoms with Gasteiger partial charge in [0.15, 0.2) is 5.78 Å². The average molecular weight is 445 g/mol. The first-order valence-corrected chi connectivity index (χ1v) is 12.1. The highest BCUT2D eigenvalue weighted by Crippen LogP contribution is 2.46. The molecule has 0 heterocycles. The van der Waals surface area contributed by atoms with E-state index >= 15 is 0 Å². The minimum atomic E-state index is 0.0673. The minimum absolute atomic E-state index is 0.0673. The minimum Gasteiger partial charge on any atom is -0.289 e. The van der Waals surface area contributed by atoms with Crippen molar-refractivity contribution in [3.8, 4) is 0 Å². The molecule has 0 amide bonds. The van der Waals surface area contributed by atoms with Crippen molar-refractivity contribution < 1.29 is 4.79 Å². The molecular formula is C33H32O. The lowest BCUT2D eigenvalue weighted by Gasteiger charge is -2.23. The van der Waals surface area contributed by atoms with E-state index in [1.165, 1.54) is 11.1 Å². The van der Waals surface area contributed by atoms with E-state index in [4.69, 9.17) is 0 Å². The second-order valence-electron chi connectivity index (χ2n) is 11.5. The Morgan fingerprint density at radius 1 is 0.559 bits per heavy atom. The maximum atomic E-state index is 14.0. The van der Waals surface area contributed by atoms with Crippen LogP contribution in [0.3, 0.4) is 0 Å². The summed E-state index contributed by atoms with van der Waals surface area (Å²) in [5.41, 5.74) is 10.6. The van der Waals surface area contributed by atoms with Crippen LogP contribution in [-0.2, 0) is 15.6 Å². The van der Waals surface area contributed by atoms with E-state index in [0.29, 0.717) is 0 Å². The topological polar surface area (TPSA) is 17.1 Å². The zero-order valence-electron chi connectivity index (χ0n) is 21.0. The molecule has 2 aliphatic carbocycles. The molecule has 3 aromatic carbocycles. The van der Waals surface area contributed by atoms with Crippen molar-refractivity contribution in [2.45, 2.75) is 52.4 Å². The molecule has 3 aromatic rings. The predicted molar refractivity (Wildman–Crippen MR) is 145 cm³/mol. The number of allylic oxidation sites excluding steroid dienone is 5. The third-order valence-corrected chi connectivity index (χ3v) is 6.97. The van der Waals surface area contributed by atoms with Crippen LogP contribution >= 0.6 is 0 Å². The Morgan fingerprint density at radius 3 is 1.65 bits per heavy atom. The SMILES string of the molecule is CC(C)(C)c1ccc(C2=C(c3ccc(C(C)(C)C)cc3)C(=O)C3=Cc4ccccc4C3=C2)cc1. The third-order valence-electron chi connectivity index (χ3n) is 6.97. The fourth-order valence-electron chi connectivity index (χ4n) is 4.86. The molecule has 170 valence electrons. The first kappa shape index (κ1) is 22.3. The van der Waals surface area contributed by atoms with Crippen LogP contribution < -0.4 is 0 Å². The van der Waals surface area contributed by atoms with Gasteiger partial charge in [-0.3, -0.25) is 4.79 Å². The van der Waals surface area contributed by atoms with Crippen molar-refractivity contribution in [3.05, 3.63) is 118 Å². The molecule has 0 unspecified atom stereocenters. The average Bonchev–Trinajstić information content (AvgIpc) is 3.17. The van der Waals surface area contributed by atoms with Gasteiger partial charge in [0.2, 0.25) is 0 Å². The summed E-state index contributed by atoms with van der Waals surface area (Å²) in [4.78, 5) is 14.0. The summed E-state index contributed by atoms with van der Waals surface area (Å²) in [5, 5.41) is 0. The zero-order valence-corrected chi connectivity index (χ0v) is 21.0. The summed E-state index contributed by atoms with van der Waals surface area (Å²) in [5.74, 6) is 0.104. The Bertz CT molecular complexity index is 1380. The van der Waals surface area contributed by atoms with E-state index in [-0.39, 0.29) is 16.6 Å². The normalized spacial score (nSPS) is 15.6. The Hall–Kier alpha value is -3.45. The van der Waals surface area contributed by atoms with Crippen molar-refractivity contribution >= 4 is 28.6 Å². The van der Waals surface area contributed by atoms with E-state index < -0.39 is 0 Å². The molecule has 0 N–H and O–H groups in total. The van der Waals surface area contributed by atoms with Gasteiger partial charge >= 0.3 is 0 Å². The molecule has 0 saturated heterocycles. The molecule has 5 rings (SSSR count). The monoisotopic (exact) mass is 444 g/mol. The predicted octanol–water partition coefficient (Wildman–Crippen LogP) is 8.26. The first-order chi connectivity index (χ1) is 16.0. The van der Waals surface area contributed by atoms with E-state index in [1.807, 2.05) is 18.2 Å². The molecule has 1 nitrogen and oxygen atoms in total. The van der Waals surface area contributed by atoms with Gasteiger partial charge in [0.25, 0.3) is 0 Å². The van der Waals surface area contributed by atoms with Gasteiger partial charge in [-0.1, -0.05) is 114 Å². The highest BCUT2D eigenvalue weighted by atomic mass is 16.1. The molecule has 0 radical (unpaired) electrons. The summed E-state index contributed by atoms with van der Waals surface area (Å²) >= 11 is 0. The Labute approximate surface area is 203 Å². The van der Waals surface area contributed by atoms with Crippen molar-refractivity contribution in [1.29, 1.82) is 0 Å². The molecule has 0 fully saturated rings. The van der Waals surface area contributed by atoms with E-state index in [9.17, 15) is 4.79 Å². The van der Waals surface area contributed by atoms with Crippen LogP contribution in [-0.4, -0.2) is 5.78 Å². The number of Topliss-reactive ketones (excluding diaryl/α,β-unsaturated/α-hetero) is 1. The van der Waals surface area contributed by atoms with E-state index in [2.05, 4.69) is 108 Å². The fraction of sp³-hybridized carbons (Fsp3) is 0.242. The molecule has 0 aromatic heterocycles. The number of hydrogen-bond donors (Lipinski definition) is 0. The van der Waals surface area contributed by atoms with Gasteiger partial charge in [0.1, 0.15) is 0 Å².